The number of aryl methyl sites for hydroxylation is 1. The number of imidazole rings is 1. The fraction of sp³-hybridized carbons (Fsp3) is 0.583. The van der Waals surface area contributed by atoms with E-state index in [1.165, 1.54) is 0 Å². The van der Waals surface area contributed by atoms with Crippen molar-refractivity contribution in [1.29, 1.82) is 0 Å². The van der Waals surface area contributed by atoms with Crippen molar-refractivity contribution < 1.29 is 0 Å². The molecule has 2 aromatic rings. The van der Waals surface area contributed by atoms with Gasteiger partial charge in [0, 0.05) is 24.9 Å². The smallest absolute Gasteiger partial charge is 0.146 e. The number of aromatic nitrogens is 5. The van der Waals surface area contributed by atoms with E-state index in [1.807, 2.05) is 17.1 Å². The van der Waals surface area contributed by atoms with Crippen LogP contribution in [0.4, 0.5) is 0 Å². The van der Waals surface area contributed by atoms with Crippen LogP contribution >= 0.6 is 0 Å². The van der Waals surface area contributed by atoms with Gasteiger partial charge in [0.2, 0.25) is 0 Å². The lowest BCUT2D eigenvalue weighted by Gasteiger charge is -2.10. The number of rotatable bonds is 5. The van der Waals surface area contributed by atoms with Crippen molar-refractivity contribution in [1.82, 2.24) is 24.3 Å². The van der Waals surface area contributed by atoms with Crippen LogP contribution in [0.2, 0.25) is 0 Å². The second-order valence-electron chi connectivity index (χ2n) is 4.47. The molecule has 0 atom stereocenters. The van der Waals surface area contributed by atoms with Crippen molar-refractivity contribution >= 4 is 0 Å². The Morgan fingerprint density at radius 2 is 2.12 bits per heavy atom. The molecule has 0 spiro atoms. The Kier molecular flexibility index (Phi) is 3.56. The maximum atomic E-state index is 4.38. The minimum absolute atomic E-state index is 0.424. The quantitative estimate of drug-likeness (QED) is 0.794. The number of nitrogens with zero attached hydrogens (tertiary/aromatic N) is 5. The maximum absolute atomic E-state index is 4.38. The van der Waals surface area contributed by atoms with Crippen molar-refractivity contribution in [3.63, 3.8) is 0 Å². The molecule has 0 aliphatic carbocycles. The zero-order valence-corrected chi connectivity index (χ0v) is 10.7. The number of hydrogen-bond donors (Lipinski definition) is 0. The summed E-state index contributed by atoms with van der Waals surface area (Å²) in [7, 11) is 0. The molecule has 2 heterocycles. The Morgan fingerprint density at radius 3 is 2.82 bits per heavy atom. The molecule has 0 saturated carbocycles. The predicted molar refractivity (Wildman–Crippen MR) is 65.7 cm³/mol. The summed E-state index contributed by atoms with van der Waals surface area (Å²) in [6.45, 7) is 8.10. The van der Waals surface area contributed by atoms with Crippen molar-refractivity contribution in [3.8, 4) is 0 Å². The van der Waals surface area contributed by atoms with Crippen molar-refractivity contribution in [2.24, 2.45) is 0 Å². The molecule has 5 nitrogen and oxygen atoms in total. The summed E-state index contributed by atoms with van der Waals surface area (Å²) in [4.78, 5) is 8.69. The molecule has 2 aromatic heterocycles. The van der Waals surface area contributed by atoms with E-state index in [0.717, 1.165) is 31.2 Å². The summed E-state index contributed by atoms with van der Waals surface area (Å²) in [6.07, 6.45) is 6.53. The highest BCUT2D eigenvalue weighted by molar-refractivity contribution is 5.00. The highest BCUT2D eigenvalue weighted by atomic mass is 15.3. The monoisotopic (exact) mass is 233 g/mol. The zero-order valence-electron chi connectivity index (χ0n) is 10.7. The van der Waals surface area contributed by atoms with E-state index in [-0.39, 0.29) is 0 Å². The van der Waals surface area contributed by atoms with E-state index in [2.05, 4.69) is 40.4 Å². The van der Waals surface area contributed by atoms with Crippen LogP contribution in [0.5, 0.6) is 0 Å². The summed E-state index contributed by atoms with van der Waals surface area (Å²) >= 11 is 0. The van der Waals surface area contributed by atoms with Gasteiger partial charge in [-0.3, -0.25) is 0 Å². The van der Waals surface area contributed by atoms with Crippen LogP contribution in [-0.2, 0) is 13.1 Å². The standard InChI is InChI=1S/C12H19N5/c1-4-6-17-11(14-9-15-17)8-16-7-5-13-12(16)10(2)3/h5,7,9-10H,4,6,8H2,1-3H3. The first kappa shape index (κ1) is 11.8. The van der Waals surface area contributed by atoms with E-state index < -0.39 is 0 Å². The lowest BCUT2D eigenvalue weighted by molar-refractivity contribution is 0.544. The topological polar surface area (TPSA) is 48.5 Å². The summed E-state index contributed by atoms with van der Waals surface area (Å²) in [5, 5.41) is 4.23. The van der Waals surface area contributed by atoms with Gasteiger partial charge in [0.05, 0.1) is 6.54 Å². The van der Waals surface area contributed by atoms with Crippen LogP contribution in [0.15, 0.2) is 18.7 Å². The third kappa shape index (κ3) is 2.54. The Balaban J connectivity index is 2.19. The molecule has 2 rings (SSSR count). The van der Waals surface area contributed by atoms with Gasteiger partial charge in [-0.25, -0.2) is 14.6 Å². The first-order valence-electron chi connectivity index (χ1n) is 6.10. The Labute approximate surface area is 102 Å². The summed E-state index contributed by atoms with van der Waals surface area (Å²) < 4.78 is 4.10. The summed E-state index contributed by atoms with van der Waals surface area (Å²) in [5.41, 5.74) is 0. The molecular formula is C12H19N5. The van der Waals surface area contributed by atoms with Gasteiger partial charge in [-0.15, -0.1) is 0 Å². The van der Waals surface area contributed by atoms with Crippen LogP contribution in [0, 0.1) is 0 Å². The van der Waals surface area contributed by atoms with Crippen LogP contribution in [0.3, 0.4) is 0 Å². The molecule has 0 amide bonds. The fourth-order valence-corrected chi connectivity index (χ4v) is 1.92. The first-order valence-corrected chi connectivity index (χ1v) is 6.10. The molecular weight excluding hydrogens is 214 g/mol. The molecule has 0 aliphatic heterocycles. The largest absolute Gasteiger partial charge is 0.327 e. The number of hydrogen-bond acceptors (Lipinski definition) is 3. The molecule has 0 unspecified atom stereocenters. The molecule has 0 N–H and O–H groups in total. The third-order valence-corrected chi connectivity index (χ3v) is 2.71. The molecule has 17 heavy (non-hydrogen) atoms. The van der Waals surface area contributed by atoms with Gasteiger partial charge in [0.25, 0.3) is 0 Å². The van der Waals surface area contributed by atoms with E-state index in [4.69, 9.17) is 0 Å². The molecule has 0 saturated heterocycles. The normalized spacial score (nSPS) is 11.3. The lowest BCUT2D eigenvalue weighted by Crippen LogP contribution is -2.12. The van der Waals surface area contributed by atoms with E-state index in [0.29, 0.717) is 5.92 Å². The van der Waals surface area contributed by atoms with Gasteiger partial charge in [-0.1, -0.05) is 20.8 Å². The fourth-order valence-electron chi connectivity index (χ4n) is 1.92. The van der Waals surface area contributed by atoms with Gasteiger partial charge < -0.3 is 4.57 Å². The van der Waals surface area contributed by atoms with Crippen molar-refractivity contribution in [2.45, 2.75) is 46.2 Å². The third-order valence-electron chi connectivity index (χ3n) is 2.71. The minimum Gasteiger partial charge on any atom is -0.327 e. The van der Waals surface area contributed by atoms with Gasteiger partial charge >= 0.3 is 0 Å². The zero-order chi connectivity index (χ0) is 12.3. The highest BCUT2D eigenvalue weighted by Crippen LogP contribution is 2.13. The summed E-state index contributed by atoms with van der Waals surface area (Å²) in [6, 6.07) is 0. The van der Waals surface area contributed by atoms with Crippen LogP contribution < -0.4 is 0 Å². The second-order valence-corrected chi connectivity index (χ2v) is 4.47. The highest BCUT2D eigenvalue weighted by Gasteiger charge is 2.10. The lowest BCUT2D eigenvalue weighted by atomic mass is 10.2. The van der Waals surface area contributed by atoms with Gasteiger partial charge in [0.15, 0.2) is 0 Å². The van der Waals surface area contributed by atoms with E-state index in [9.17, 15) is 0 Å². The summed E-state index contributed by atoms with van der Waals surface area (Å²) in [5.74, 6) is 2.51. The molecule has 5 heteroatoms. The maximum Gasteiger partial charge on any atom is 0.146 e. The molecule has 0 aromatic carbocycles. The predicted octanol–water partition coefficient (Wildman–Crippen LogP) is 2.06. The Hall–Kier alpha value is -1.65. The molecule has 0 radical (unpaired) electrons. The molecule has 0 fully saturated rings. The first-order chi connectivity index (χ1) is 8.22. The molecule has 0 bridgehead atoms. The van der Waals surface area contributed by atoms with E-state index in [1.54, 1.807) is 6.33 Å². The van der Waals surface area contributed by atoms with Crippen molar-refractivity contribution in [2.75, 3.05) is 0 Å². The van der Waals surface area contributed by atoms with Crippen LogP contribution in [-0.4, -0.2) is 24.3 Å². The Morgan fingerprint density at radius 1 is 1.29 bits per heavy atom. The average molecular weight is 233 g/mol. The Bertz CT molecular complexity index is 469. The molecule has 92 valence electrons. The second kappa shape index (κ2) is 5.12. The average Bonchev–Trinajstić information content (AvgIpc) is 2.89. The van der Waals surface area contributed by atoms with Crippen molar-refractivity contribution in [3.05, 3.63) is 30.4 Å². The SMILES string of the molecule is CCCn1ncnc1Cn1ccnc1C(C)C. The van der Waals surface area contributed by atoms with Crippen LogP contribution in [0.25, 0.3) is 0 Å². The van der Waals surface area contributed by atoms with E-state index >= 15 is 0 Å². The minimum atomic E-state index is 0.424. The van der Waals surface area contributed by atoms with Gasteiger partial charge in [-0.2, -0.15) is 5.10 Å². The van der Waals surface area contributed by atoms with Gasteiger partial charge in [0.1, 0.15) is 18.0 Å². The van der Waals surface area contributed by atoms with Gasteiger partial charge in [-0.05, 0) is 6.42 Å². The molecule has 0 aliphatic rings. The van der Waals surface area contributed by atoms with Crippen LogP contribution in [0.1, 0.15) is 44.8 Å².